The lowest BCUT2D eigenvalue weighted by atomic mass is 10.0. The van der Waals surface area contributed by atoms with Gasteiger partial charge in [-0.25, -0.2) is 0 Å². The number of hydrogen-bond acceptors (Lipinski definition) is 5. The lowest BCUT2D eigenvalue weighted by Crippen LogP contribution is -2.28. The van der Waals surface area contributed by atoms with Gasteiger partial charge in [-0.1, -0.05) is 251 Å². The van der Waals surface area contributed by atoms with Gasteiger partial charge in [0.05, 0.1) is 6.61 Å². The van der Waals surface area contributed by atoms with Crippen LogP contribution in [0.1, 0.15) is 245 Å². The van der Waals surface area contributed by atoms with E-state index in [4.69, 9.17) is 9.47 Å². The molecule has 0 fully saturated rings. The van der Waals surface area contributed by atoms with Crippen molar-refractivity contribution in [3.63, 3.8) is 0 Å². The number of carbonyl (C=O) groups excluding carboxylic acids is 2. The van der Waals surface area contributed by atoms with E-state index in [9.17, 15) is 14.7 Å². The van der Waals surface area contributed by atoms with E-state index < -0.39 is 6.10 Å². The lowest BCUT2D eigenvalue weighted by Gasteiger charge is -2.15. The van der Waals surface area contributed by atoms with Crippen molar-refractivity contribution < 1.29 is 24.2 Å². The molecule has 1 unspecified atom stereocenters. The monoisotopic (exact) mass is 941 g/mol. The molecule has 5 heteroatoms. The average molecular weight is 942 g/mol. The van der Waals surface area contributed by atoms with E-state index in [1.54, 1.807) is 0 Å². The zero-order chi connectivity index (χ0) is 49.2. The third-order valence-corrected chi connectivity index (χ3v) is 11.7. The molecule has 0 aromatic rings. The van der Waals surface area contributed by atoms with Gasteiger partial charge >= 0.3 is 11.9 Å². The van der Waals surface area contributed by atoms with Crippen LogP contribution in [0, 0.1) is 0 Å². The Balaban J connectivity index is 3.64. The molecule has 68 heavy (non-hydrogen) atoms. The van der Waals surface area contributed by atoms with Crippen LogP contribution >= 0.6 is 0 Å². The Hall–Kier alpha value is -3.70. The van der Waals surface area contributed by atoms with Gasteiger partial charge in [-0.3, -0.25) is 9.59 Å². The first kappa shape index (κ1) is 64.3. The fourth-order valence-electron chi connectivity index (χ4n) is 7.55. The molecule has 0 aliphatic carbocycles. The second-order valence-electron chi connectivity index (χ2n) is 18.3. The molecule has 386 valence electrons. The summed E-state index contributed by atoms with van der Waals surface area (Å²) in [5, 5.41) is 9.64. The molecule has 0 saturated heterocycles. The molecule has 0 rings (SSSR count). The first-order chi connectivity index (χ1) is 33.6. The number of ether oxygens (including phenoxy) is 2. The van der Waals surface area contributed by atoms with Gasteiger partial charge in [0.15, 0.2) is 6.10 Å². The standard InChI is InChI=1S/C63H104O5/c1-3-5-7-9-11-13-15-17-19-21-23-25-27-29-30-31-32-34-36-38-40-42-44-46-48-50-52-54-56-58-63(66)68-61(59-64)60-67-62(65)57-55-53-51-49-47-45-43-41-39-37-35-33-28-26-24-22-20-18-16-14-12-10-8-6-4-2/h5,7,11,13,17,19,22-25,29-30,32,34,38,40,44,46,50,52,61,64H,3-4,6,8-10,12,14-16,18,20-21,26-28,31,33,35-37,39,41-43,45,47-49,51,53-60H2,1-2H3/b7-5-,13-11-,19-17-,24-22-,25-23-,30-29-,34-32-,40-38-,46-44-,52-50-. The van der Waals surface area contributed by atoms with Crippen LogP contribution in [0.5, 0.6) is 0 Å². The maximum atomic E-state index is 12.3. The van der Waals surface area contributed by atoms with Crippen LogP contribution in [0.2, 0.25) is 0 Å². The number of unbranched alkanes of at least 4 members (excludes halogenated alkanes) is 22. The Morgan fingerprint density at radius 2 is 0.647 bits per heavy atom. The summed E-state index contributed by atoms with van der Waals surface area (Å²) in [6.45, 7) is 3.99. The molecule has 0 spiro atoms. The number of aliphatic hydroxyl groups excluding tert-OH is 1. The minimum atomic E-state index is -0.812. The van der Waals surface area contributed by atoms with Crippen molar-refractivity contribution in [2.75, 3.05) is 13.2 Å². The lowest BCUT2D eigenvalue weighted by molar-refractivity contribution is -0.161. The minimum Gasteiger partial charge on any atom is -0.462 e. The van der Waals surface area contributed by atoms with Gasteiger partial charge in [0.1, 0.15) is 6.61 Å². The molecule has 0 saturated carbocycles. The number of rotatable bonds is 50. The van der Waals surface area contributed by atoms with E-state index in [0.29, 0.717) is 12.8 Å². The highest BCUT2D eigenvalue weighted by Gasteiger charge is 2.16. The fourth-order valence-corrected chi connectivity index (χ4v) is 7.55. The first-order valence-corrected chi connectivity index (χ1v) is 28.1. The molecule has 0 amide bonds. The van der Waals surface area contributed by atoms with Crippen molar-refractivity contribution in [3.05, 3.63) is 122 Å². The van der Waals surface area contributed by atoms with Crippen molar-refractivity contribution in [2.24, 2.45) is 0 Å². The molecule has 1 atom stereocenters. The summed E-state index contributed by atoms with van der Waals surface area (Å²) in [4.78, 5) is 24.5. The van der Waals surface area contributed by atoms with Gasteiger partial charge in [-0.2, -0.15) is 0 Å². The highest BCUT2D eigenvalue weighted by Crippen LogP contribution is 2.15. The number of hydrogen-bond donors (Lipinski definition) is 1. The highest BCUT2D eigenvalue weighted by atomic mass is 16.6. The van der Waals surface area contributed by atoms with Crippen molar-refractivity contribution in [3.8, 4) is 0 Å². The Labute approximate surface area is 420 Å². The molecule has 0 aliphatic rings. The van der Waals surface area contributed by atoms with Crippen molar-refractivity contribution in [1.29, 1.82) is 0 Å². The molecular formula is C63H104O5. The second kappa shape index (κ2) is 57.6. The van der Waals surface area contributed by atoms with Crippen LogP contribution < -0.4 is 0 Å². The summed E-state index contributed by atoms with van der Waals surface area (Å²) in [5.74, 6) is -0.663. The second-order valence-corrected chi connectivity index (χ2v) is 18.3. The summed E-state index contributed by atoms with van der Waals surface area (Å²) >= 11 is 0. The molecule has 0 aromatic heterocycles. The molecule has 0 aliphatic heterocycles. The van der Waals surface area contributed by atoms with E-state index in [1.165, 1.54) is 128 Å². The molecular weight excluding hydrogens is 837 g/mol. The Bertz CT molecular complexity index is 1390. The van der Waals surface area contributed by atoms with Gasteiger partial charge in [0.25, 0.3) is 0 Å². The zero-order valence-electron chi connectivity index (χ0n) is 44.1. The zero-order valence-corrected chi connectivity index (χ0v) is 44.1. The number of carbonyl (C=O) groups is 2. The van der Waals surface area contributed by atoms with Crippen LogP contribution in [-0.4, -0.2) is 36.4 Å². The molecule has 0 bridgehead atoms. The molecule has 0 heterocycles. The molecule has 0 aromatic carbocycles. The van der Waals surface area contributed by atoms with Gasteiger partial charge in [-0.15, -0.1) is 0 Å². The predicted molar refractivity (Wildman–Crippen MR) is 297 cm³/mol. The van der Waals surface area contributed by atoms with E-state index >= 15 is 0 Å². The summed E-state index contributed by atoms with van der Waals surface area (Å²) in [5.41, 5.74) is 0. The largest absolute Gasteiger partial charge is 0.462 e. The van der Waals surface area contributed by atoms with Crippen LogP contribution in [0.15, 0.2) is 122 Å². The smallest absolute Gasteiger partial charge is 0.306 e. The molecule has 0 radical (unpaired) electrons. The highest BCUT2D eigenvalue weighted by molar-refractivity contribution is 5.70. The Kier molecular flexibility index (Phi) is 54.5. The van der Waals surface area contributed by atoms with Crippen LogP contribution in [0.25, 0.3) is 0 Å². The molecule has 1 N–H and O–H groups in total. The van der Waals surface area contributed by atoms with E-state index in [0.717, 1.165) is 83.5 Å². The minimum absolute atomic E-state index is 0.0954. The third-order valence-electron chi connectivity index (χ3n) is 11.7. The van der Waals surface area contributed by atoms with Crippen LogP contribution in [0.3, 0.4) is 0 Å². The fraction of sp³-hybridized carbons (Fsp3) is 0.651. The van der Waals surface area contributed by atoms with E-state index in [2.05, 4.69) is 135 Å². The first-order valence-electron chi connectivity index (χ1n) is 28.1. The quantitative estimate of drug-likeness (QED) is 0.0374. The SMILES string of the molecule is CC/C=C\C/C=C\C/C=C\C/C=C\C/C=C\C/C=C\C/C=C\C/C=C\C/C=C\CCCC(=O)OC(CO)COC(=O)CCCCCCCCCCCCCCC/C=C\CCCCCCCCCC. The summed E-state index contributed by atoms with van der Waals surface area (Å²) in [6.07, 6.45) is 84.6. The number of esters is 2. The van der Waals surface area contributed by atoms with E-state index in [1.807, 2.05) is 0 Å². The summed E-state index contributed by atoms with van der Waals surface area (Å²) < 4.78 is 10.7. The van der Waals surface area contributed by atoms with E-state index in [-0.39, 0.29) is 31.6 Å². The van der Waals surface area contributed by atoms with Crippen LogP contribution in [-0.2, 0) is 19.1 Å². The number of allylic oxidation sites excluding steroid dienone is 20. The number of aliphatic hydroxyl groups is 1. The normalized spacial score (nSPS) is 13.2. The van der Waals surface area contributed by atoms with Crippen molar-refractivity contribution >= 4 is 11.9 Å². The van der Waals surface area contributed by atoms with Crippen molar-refractivity contribution in [1.82, 2.24) is 0 Å². The summed E-state index contributed by atoms with van der Waals surface area (Å²) in [7, 11) is 0. The predicted octanol–water partition coefficient (Wildman–Crippen LogP) is 19.1. The maximum Gasteiger partial charge on any atom is 0.306 e. The van der Waals surface area contributed by atoms with Gasteiger partial charge in [0.2, 0.25) is 0 Å². The molecule has 5 nitrogen and oxygen atoms in total. The summed E-state index contributed by atoms with van der Waals surface area (Å²) in [6, 6.07) is 0. The third kappa shape index (κ3) is 54.9. The average Bonchev–Trinajstić information content (AvgIpc) is 3.34. The van der Waals surface area contributed by atoms with Gasteiger partial charge in [-0.05, 0) is 103 Å². The van der Waals surface area contributed by atoms with Crippen molar-refractivity contribution in [2.45, 2.75) is 251 Å². The Morgan fingerprint density at radius 3 is 1.01 bits per heavy atom. The Morgan fingerprint density at radius 1 is 0.353 bits per heavy atom. The maximum absolute atomic E-state index is 12.3. The van der Waals surface area contributed by atoms with Crippen LogP contribution in [0.4, 0.5) is 0 Å². The topological polar surface area (TPSA) is 72.8 Å². The van der Waals surface area contributed by atoms with Gasteiger partial charge in [0, 0.05) is 12.8 Å². The van der Waals surface area contributed by atoms with Gasteiger partial charge < -0.3 is 14.6 Å².